The Balaban J connectivity index is 2.21. The molecule has 6 heteroatoms. The number of Topliss-reactive ketones (excluding diaryl/α,β-unsaturated/α-hetero) is 2. The SMILES string of the molecule is COc1ccc(OC)c(C(=O)CC(=O)c2cnn(C)c2)c1. The Morgan fingerprint density at radius 3 is 2.52 bits per heavy atom. The maximum Gasteiger partial charge on any atom is 0.174 e. The monoisotopic (exact) mass is 288 g/mol. The van der Waals surface area contributed by atoms with Crippen LogP contribution in [-0.2, 0) is 7.05 Å². The Kier molecular flexibility index (Phi) is 4.37. The Morgan fingerprint density at radius 2 is 1.95 bits per heavy atom. The number of ether oxygens (including phenoxy) is 2. The van der Waals surface area contributed by atoms with Gasteiger partial charge in [-0.3, -0.25) is 14.3 Å². The minimum atomic E-state index is -0.320. The zero-order chi connectivity index (χ0) is 15.4. The van der Waals surface area contributed by atoms with Gasteiger partial charge in [-0.25, -0.2) is 0 Å². The van der Waals surface area contributed by atoms with Gasteiger partial charge in [0.2, 0.25) is 0 Å². The van der Waals surface area contributed by atoms with Gasteiger partial charge in [-0.1, -0.05) is 0 Å². The van der Waals surface area contributed by atoms with Crippen LogP contribution in [0.3, 0.4) is 0 Å². The van der Waals surface area contributed by atoms with E-state index in [-0.39, 0.29) is 18.0 Å². The van der Waals surface area contributed by atoms with Crippen LogP contribution in [-0.4, -0.2) is 35.6 Å². The Morgan fingerprint density at radius 1 is 1.19 bits per heavy atom. The summed E-state index contributed by atoms with van der Waals surface area (Å²) in [6, 6.07) is 4.90. The van der Waals surface area contributed by atoms with Gasteiger partial charge < -0.3 is 9.47 Å². The molecule has 0 fully saturated rings. The average molecular weight is 288 g/mol. The number of nitrogens with zero attached hydrogens (tertiary/aromatic N) is 2. The molecule has 0 spiro atoms. The van der Waals surface area contributed by atoms with Crippen LogP contribution >= 0.6 is 0 Å². The second kappa shape index (κ2) is 6.21. The fraction of sp³-hybridized carbons (Fsp3) is 0.267. The molecule has 1 heterocycles. The van der Waals surface area contributed by atoms with Crippen LogP contribution in [0.1, 0.15) is 27.1 Å². The second-order valence-corrected chi connectivity index (χ2v) is 4.49. The Labute approximate surface area is 122 Å². The highest BCUT2D eigenvalue weighted by atomic mass is 16.5. The molecule has 0 aliphatic heterocycles. The molecule has 0 aliphatic carbocycles. The standard InChI is InChI=1S/C15H16N2O4/c1-17-9-10(8-16-17)13(18)7-14(19)12-6-11(20-2)4-5-15(12)21-3/h4-6,8-9H,7H2,1-3H3. The second-order valence-electron chi connectivity index (χ2n) is 4.49. The summed E-state index contributed by atoms with van der Waals surface area (Å²) in [6.07, 6.45) is 2.78. The molecule has 0 radical (unpaired) electrons. The molecule has 0 N–H and O–H groups in total. The van der Waals surface area contributed by atoms with E-state index in [1.165, 1.54) is 25.1 Å². The van der Waals surface area contributed by atoms with Crippen molar-refractivity contribution < 1.29 is 19.1 Å². The van der Waals surface area contributed by atoms with Gasteiger partial charge >= 0.3 is 0 Å². The van der Waals surface area contributed by atoms with Gasteiger partial charge in [0.25, 0.3) is 0 Å². The minimum Gasteiger partial charge on any atom is -0.497 e. The molecule has 0 amide bonds. The van der Waals surface area contributed by atoms with Gasteiger partial charge in [0.05, 0.1) is 38.0 Å². The molecule has 6 nitrogen and oxygen atoms in total. The number of methoxy groups -OCH3 is 2. The van der Waals surface area contributed by atoms with Crippen LogP contribution in [0.5, 0.6) is 11.5 Å². The lowest BCUT2D eigenvalue weighted by atomic mass is 10.0. The number of benzene rings is 1. The van der Waals surface area contributed by atoms with Crippen LogP contribution in [0.15, 0.2) is 30.6 Å². The number of hydrogen-bond donors (Lipinski definition) is 0. The van der Waals surface area contributed by atoms with Gasteiger partial charge in [0.15, 0.2) is 11.6 Å². The molecular weight excluding hydrogens is 272 g/mol. The first-order chi connectivity index (χ1) is 10.0. The number of carbonyl (C=O) groups excluding carboxylic acids is 2. The zero-order valence-corrected chi connectivity index (χ0v) is 12.1. The van der Waals surface area contributed by atoms with Gasteiger partial charge in [-0.05, 0) is 18.2 Å². The first-order valence-electron chi connectivity index (χ1n) is 6.32. The van der Waals surface area contributed by atoms with Crippen molar-refractivity contribution in [2.75, 3.05) is 14.2 Å². The van der Waals surface area contributed by atoms with E-state index in [4.69, 9.17) is 9.47 Å². The Hall–Kier alpha value is -2.63. The number of rotatable bonds is 6. The normalized spacial score (nSPS) is 10.2. The maximum atomic E-state index is 12.3. The lowest BCUT2D eigenvalue weighted by Crippen LogP contribution is -2.09. The molecular formula is C15H16N2O4. The van der Waals surface area contributed by atoms with Gasteiger partial charge in [0.1, 0.15) is 11.5 Å². The van der Waals surface area contributed by atoms with E-state index in [1.54, 1.807) is 31.4 Å². The Bertz CT molecular complexity index is 676. The highest BCUT2D eigenvalue weighted by Gasteiger charge is 2.19. The summed E-state index contributed by atoms with van der Waals surface area (Å²) in [6.45, 7) is 0. The molecule has 0 atom stereocenters. The molecule has 110 valence electrons. The summed E-state index contributed by atoms with van der Waals surface area (Å²) in [4.78, 5) is 24.3. The lowest BCUT2D eigenvalue weighted by molar-refractivity contribution is 0.0892. The van der Waals surface area contributed by atoms with Crippen molar-refractivity contribution in [2.45, 2.75) is 6.42 Å². The highest BCUT2D eigenvalue weighted by Crippen LogP contribution is 2.25. The van der Waals surface area contributed by atoms with Crippen molar-refractivity contribution >= 4 is 11.6 Å². The van der Waals surface area contributed by atoms with Crippen LogP contribution in [0, 0.1) is 0 Å². The predicted octanol–water partition coefficient (Wildman–Crippen LogP) is 1.89. The summed E-state index contributed by atoms with van der Waals surface area (Å²) in [7, 11) is 4.70. The zero-order valence-electron chi connectivity index (χ0n) is 12.1. The summed E-state index contributed by atoms with van der Waals surface area (Å²) in [5, 5.41) is 3.92. The third-order valence-electron chi connectivity index (χ3n) is 3.06. The van der Waals surface area contributed by atoms with Crippen LogP contribution in [0.25, 0.3) is 0 Å². The van der Waals surface area contributed by atoms with E-state index in [2.05, 4.69) is 5.10 Å². The lowest BCUT2D eigenvalue weighted by Gasteiger charge is -2.09. The van der Waals surface area contributed by atoms with Crippen LogP contribution in [0.4, 0.5) is 0 Å². The van der Waals surface area contributed by atoms with Crippen molar-refractivity contribution in [3.63, 3.8) is 0 Å². The van der Waals surface area contributed by atoms with Crippen LogP contribution < -0.4 is 9.47 Å². The number of aryl methyl sites for hydroxylation is 1. The van der Waals surface area contributed by atoms with Gasteiger partial charge in [-0.15, -0.1) is 0 Å². The number of carbonyl (C=O) groups is 2. The summed E-state index contributed by atoms with van der Waals surface area (Å²) in [5.74, 6) is 0.352. The molecule has 21 heavy (non-hydrogen) atoms. The van der Waals surface area contributed by atoms with Crippen molar-refractivity contribution in [1.82, 2.24) is 9.78 Å². The molecule has 0 unspecified atom stereocenters. The summed E-state index contributed by atoms with van der Waals surface area (Å²) < 4.78 is 11.8. The molecule has 0 aliphatic rings. The first kappa shape index (κ1) is 14.8. The molecule has 0 bridgehead atoms. The van der Waals surface area contributed by atoms with Crippen molar-refractivity contribution in [1.29, 1.82) is 0 Å². The van der Waals surface area contributed by atoms with Crippen molar-refractivity contribution in [3.8, 4) is 11.5 Å². The molecule has 1 aromatic carbocycles. The predicted molar refractivity (Wildman–Crippen MR) is 76.0 cm³/mol. The number of aromatic nitrogens is 2. The van der Waals surface area contributed by atoms with Crippen molar-refractivity contribution in [3.05, 3.63) is 41.7 Å². The number of ketones is 2. The third-order valence-corrected chi connectivity index (χ3v) is 3.06. The van der Waals surface area contributed by atoms with Crippen molar-refractivity contribution in [2.24, 2.45) is 7.05 Å². The van der Waals surface area contributed by atoms with Gasteiger partial charge in [0, 0.05) is 13.2 Å². The molecule has 2 aromatic rings. The van der Waals surface area contributed by atoms with Crippen LogP contribution in [0.2, 0.25) is 0 Å². The first-order valence-corrected chi connectivity index (χ1v) is 6.32. The fourth-order valence-corrected chi connectivity index (χ4v) is 1.94. The molecule has 0 saturated heterocycles. The van der Waals surface area contributed by atoms with E-state index in [0.29, 0.717) is 22.6 Å². The molecule has 0 saturated carbocycles. The smallest absolute Gasteiger partial charge is 0.174 e. The van der Waals surface area contributed by atoms with E-state index < -0.39 is 0 Å². The quantitative estimate of drug-likeness (QED) is 0.599. The van der Waals surface area contributed by atoms with E-state index in [0.717, 1.165) is 0 Å². The minimum absolute atomic E-state index is 0.241. The molecule has 2 rings (SSSR count). The fourth-order valence-electron chi connectivity index (χ4n) is 1.94. The summed E-state index contributed by atoms with van der Waals surface area (Å²) in [5.41, 5.74) is 0.738. The number of hydrogen-bond acceptors (Lipinski definition) is 5. The van der Waals surface area contributed by atoms with E-state index >= 15 is 0 Å². The topological polar surface area (TPSA) is 70.4 Å². The summed E-state index contributed by atoms with van der Waals surface area (Å²) >= 11 is 0. The highest BCUT2D eigenvalue weighted by molar-refractivity contribution is 6.14. The average Bonchev–Trinajstić information content (AvgIpc) is 2.93. The van der Waals surface area contributed by atoms with E-state index in [1.807, 2.05) is 0 Å². The largest absolute Gasteiger partial charge is 0.497 e. The maximum absolute atomic E-state index is 12.3. The van der Waals surface area contributed by atoms with Gasteiger partial charge in [-0.2, -0.15) is 5.10 Å². The third kappa shape index (κ3) is 3.28. The van der Waals surface area contributed by atoms with E-state index in [9.17, 15) is 9.59 Å². The molecule has 1 aromatic heterocycles.